The molecule has 1 heterocycles. The molecule has 0 saturated carbocycles. The van der Waals surface area contributed by atoms with Gasteiger partial charge in [-0.15, -0.1) is 16.2 Å². The molecule has 1 aromatic heterocycles. The van der Waals surface area contributed by atoms with Crippen LogP contribution in [0.3, 0.4) is 0 Å². The highest BCUT2D eigenvalue weighted by Gasteiger charge is 2.19. The maximum absolute atomic E-state index is 12.6. The number of rotatable bonds is 7. The Balaban J connectivity index is 1.71. The standard InChI is InChI=1S/C20H15NO4S/c22-19(18-10-5-13-26-18)15-7-2-3-8-16(15)20(23)25-12-11-14-6-1-4-9-17(14)21-24/h1-10,13H,11-12H2. The zero-order valence-corrected chi connectivity index (χ0v) is 14.6. The van der Waals surface area contributed by atoms with Crippen molar-refractivity contribution in [3.8, 4) is 0 Å². The van der Waals surface area contributed by atoms with Crippen LogP contribution < -0.4 is 0 Å². The molecule has 0 unspecified atom stereocenters. The Hall–Kier alpha value is -3.12. The smallest absolute Gasteiger partial charge is 0.338 e. The number of hydrogen-bond donors (Lipinski definition) is 0. The van der Waals surface area contributed by atoms with Crippen molar-refractivity contribution in [2.75, 3.05) is 6.61 Å². The average Bonchev–Trinajstić information content (AvgIpc) is 3.22. The van der Waals surface area contributed by atoms with E-state index >= 15 is 0 Å². The summed E-state index contributed by atoms with van der Waals surface area (Å²) in [6, 6.07) is 17.0. The SMILES string of the molecule is O=Nc1ccccc1CCOC(=O)c1ccccc1C(=O)c1cccs1. The lowest BCUT2D eigenvalue weighted by atomic mass is 10.0. The van der Waals surface area contributed by atoms with Crippen LogP contribution in [0, 0.1) is 4.91 Å². The third-order valence-electron chi connectivity index (χ3n) is 3.83. The van der Waals surface area contributed by atoms with E-state index in [9.17, 15) is 14.5 Å². The monoisotopic (exact) mass is 365 g/mol. The number of carbonyl (C=O) groups excluding carboxylic acids is 2. The fourth-order valence-electron chi connectivity index (χ4n) is 2.54. The molecule has 0 aliphatic carbocycles. The van der Waals surface area contributed by atoms with E-state index in [0.29, 0.717) is 28.1 Å². The first-order valence-electron chi connectivity index (χ1n) is 7.96. The van der Waals surface area contributed by atoms with E-state index in [1.54, 1.807) is 60.7 Å². The largest absolute Gasteiger partial charge is 0.462 e. The molecule has 2 aromatic carbocycles. The Morgan fingerprint density at radius 1 is 0.923 bits per heavy atom. The van der Waals surface area contributed by atoms with Gasteiger partial charge >= 0.3 is 5.97 Å². The van der Waals surface area contributed by atoms with Gasteiger partial charge in [-0.05, 0) is 34.3 Å². The first-order valence-corrected chi connectivity index (χ1v) is 8.84. The number of ether oxygens (including phenoxy) is 1. The zero-order valence-electron chi connectivity index (χ0n) is 13.8. The molecule has 3 rings (SSSR count). The number of ketones is 1. The number of nitrogens with zero attached hydrogens (tertiary/aromatic N) is 1. The van der Waals surface area contributed by atoms with Gasteiger partial charge in [-0.1, -0.05) is 42.5 Å². The molecule has 0 atom stereocenters. The summed E-state index contributed by atoms with van der Waals surface area (Å²) in [5.74, 6) is -0.773. The lowest BCUT2D eigenvalue weighted by Crippen LogP contribution is -2.13. The Labute approximate surface area is 154 Å². The quantitative estimate of drug-likeness (QED) is 0.343. The predicted molar refractivity (Wildman–Crippen MR) is 100 cm³/mol. The fraction of sp³-hybridized carbons (Fsp3) is 0.100. The van der Waals surface area contributed by atoms with Crippen molar-refractivity contribution in [3.63, 3.8) is 0 Å². The van der Waals surface area contributed by atoms with Crippen LogP contribution >= 0.6 is 11.3 Å². The highest BCUT2D eigenvalue weighted by Crippen LogP contribution is 2.20. The van der Waals surface area contributed by atoms with Crippen molar-refractivity contribution in [3.05, 3.63) is 92.5 Å². The van der Waals surface area contributed by atoms with Gasteiger partial charge in [-0.3, -0.25) is 4.79 Å². The molecule has 0 fully saturated rings. The Bertz CT molecular complexity index is 934. The molecule has 0 spiro atoms. The third-order valence-corrected chi connectivity index (χ3v) is 4.70. The summed E-state index contributed by atoms with van der Waals surface area (Å²) in [5.41, 5.74) is 1.58. The molecule has 0 saturated heterocycles. The average molecular weight is 365 g/mol. The number of carbonyl (C=O) groups is 2. The van der Waals surface area contributed by atoms with Gasteiger partial charge in [0.05, 0.1) is 17.0 Å². The molecule has 26 heavy (non-hydrogen) atoms. The molecule has 0 amide bonds. The van der Waals surface area contributed by atoms with Crippen LogP contribution in [-0.4, -0.2) is 18.4 Å². The molecule has 0 aliphatic rings. The van der Waals surface area contributed by atoms with E-state index in [4.69, 9.17) is 4.74 Å². The van der Waals surface area contributed by atoms with Crippen LogP contribution in [0.1, 0.15) is 31.2 Å². The molecule has 130 valence electrons. The molecule has 5 nitrogen and oxygen atoms in total. The van der Waals surface area contributed by atoms with E-state index in [1.165, 1.54) is 11.3 Å². The van der Waals surface area contributed by atoms with Crippen molar-refractivity contribution in [2.24, 2.45) is 5.18 Å². The summed E-state index contributed by atoms with van der Waals surface area (Å²) >= 11 is 1.32. The van der Waals surface area contributed by atoms with E-state index in [-0.39, 0.29) is 18.0 Å². The molecular formula is C20H15NO4S. The van der Waals surface area contributed by atoms with Crippen LogP contribution in [0.25, 0.3) is 0 Å². The molecule has 0 radical (unpaired) electrons. The Kier molecular flexibility index (Phi) is 5.66. The second kappa shape index (κ2) is 8.31. The molecule has 3 aromatic rings. The van der Waals surface area contributed by atoms with Gasteiger partial charge in [-0.25, -0.2) is 4.79 Å². The number of hydrogen-bond acceptors (Lipinski definition) is 6. The Morgan fingerprint density at radius 3 is 2.38 bits per heavy atom. The van der Waals surface area contributed by atoms with Gasteiger partial charge in [0, 0.05) is 12.0 Å². The van der Waals surface area contributed by atoms with Crippen molar-refractivity contribution >= 4 is 28.8 Å². The summed E-state index contributed by atoms with van der Waals surface area (Å²) < 4.78 is 5.31. The minimum atomic E-state index is -0.568. The second-order valence-corrected chi connectivity index (χ2v) is 6.41. The zero-order chi connectivity index (χ0) is 18.4. The van der Waals surface area contributed by atoms with Crippen LogP contribution in [0.4, 0.5) is 5.69 Å². The van der Waals surface area contributed by atoms with Crippen molar-refractivity contribution in [1.29, 1.82) is 0 Å². The van der Waals surface area contributed by atoms with Crippen molar-refractivity contribution in [2.45, 2.75) is 6.42 Å². The van der Waals surface area contributed by atoms with E-state index in [2.05, 4.69) is 5.18 Å². The Morgan fingerprint density at radius 2 is 1.65 bits per heavy atom. The first-order chi connectivity index (χ1) is 12.7. The maximum atomic E-state index is 12.6. The van der Waals surface area contributed by atoms with Crippen molar-refractivity contribution in [1.82, 2.24) is 0 Å². The molecule has 0 N–H and O–H groups in total. The minimum absolute atomic E-state index is 0.0902. The van der Waals surface area contributed by atoms with Crippen molar-refractivity contribution < 1.29 is 14.3 Å². The van der Waals surface area contributed by atoms with Crippen LogP contribution in [0.5, 0.6) is 0 Å². The van der Waals surface area contributed by atoms with Crippen LogP contribution in [-0.2, 0) is 11.2 Å². The lowest BCUT2D eigenvalue weighted by Gasteiger charge is -2.09. The molecular weight excluding hydrogens is 350 g/mol. The predicted octanol–water partition coefficient (Wildman–Crippen LogP) is 4.78. The first kappa shape index (κ1) is 17.7. The highest BCUT2D eigenvalue weighted by molar-refractivity contribution is 7.12. The number of esters is 1. The minimum Gasteiger partial charge on any atom is -0.462 e. The second-order valence-electron chi connectivity index (χ2n) is 5.46. The summed E-state index contributed by atoms with van der Waals surface area (Å²) in [4.78, 5) is 36.3. The third kappa shape index (κ3) is 3.92. The van der Waals surface area contributed by atoms with Gasteiger partial charge in [0.15, 0.2) is 0 Å². The van der Waals surface area contributed by atoms with E-state index in [0.717, 1.165) is 0 Å². The fourth-order valence-corrected chi connectivity index (χ4v) is 3.22. The number of thiophene rings is 1. The van der Waals surface area contributed by atoms with Gasteiger partial charge in [0.25, 0.3) is 0 Å². The summed E-state index contributed by atoms with van der Waals surface area (Å²) in [6.45, 7) is 0.0902. The maximum Gasteiger partial charge on any atom is 0.338 e. The van der Waals surface area contributed by atoms with Crippen LogP contribution in [0.15, 0.2) is 71.2 Å². The molecule has 0 aliphatic heterocycles. The number of nitroso groups, excluding NO2 is 1. The lowest BCUT2D eigenvalue weighted by molar-refractivity contribution is 0.0506. The van der Waals surface area contributed by atoms with Crippen LogP contribution in [0.2, 0.25) is 0 Å². The summed E-state index contributed by atoms with van der Waals surface area (Å²) in [7, 11) is 0. The van der Waals surface area contributed by atoms with E-state index < -0.39 is 5.97 Å². The van der Waals surface area contributed by atoms with Gasteiger partial charge in [0.1, 0.15) is 5.69 Å². The summed E-state index contributed by atoms with van der Waals surface area (Å²) in [5, 5.41) is 4.77. The van der Waals surface area contributed by atoms with Gasteiger partial charge in [0.2, 0.25) is 5.78 Å². The molecule has 0 bridgehead atoms. The van der Waals surface area contributed by atoms with Gasteiger partial charge < -0.3 is 4.74 Å². The van der Waals surface area contributed by atoms with Gasteiger partial charge in [-0.2, -0.15) is 0 Å². The normalized spacial score (nSPS) is 10.3. The highest BCUT2D eigenvalue weighted by atomic mass is 32.1. The van der Waals surface area contributed by atoms with E-state index in [1.807, 2.05) is 5.38 Å². The topological polar surface area (TPSA) is 72.8 Å². The molecule has 6 heteroatoms. The summed E-state index contributed by atoms with van der Waals surface area (Å²) in [6.07, 6.45) is 0.370. The number of benzene rings is 2.